The van der Waals surface area contributed by atoms with Gasteiger partial charge in [0.25, 0.3) is 0 Å². The fourth-order valence-electron chi connectivity index (χ4n) is 7.38. The predicted octanol–water partition coefficient (Wildman–Crippen LogP) is 13.4. The van der Waals surface area contributed by atoms with Crippen LogP contribution in [0.2, 0.25) is 0 Å². The van der Waals surface area contributed by atoms with Crippen molar-refractivity contribution in [2.75, 3.05) is 4.90 Å². The molecule has 0 aliphatic carbocycles. The Kier molecular flexibility index (Phi) is 5.78. The summed E-state index contributed by atoms with van der Waals surface area (Å²) in [6.07, 6.45) is 0. The van der Waals surface area contributed by atoms with Crippen LogP contribution < -0.4 is 4.90 Å². The third-order valence-electron chi connectivity index (χ3n) is 9.45. The number of nitrogens with zero attached hydrogens (tertiary/aromatic N) is 1. The van der Waals surface area contributed by atoms with Crippen molar-refractivity contribution < 1.29 is 4.42 Å². The lowest BCUT2D eigenvalue weighted by Gasteiger charge is -2.28. The van der Waals surface area contributed by atoms with Crippen LogP contribution in [0.4, 0.5) is 17.1 Å². The lowest BCUT2D eigenvalue weighted by atomic mass is 9.97. The molecule has 2 aromatic heterocycles. The molecular formula is C44H27NOS. The second-order valence-corrected chi connectivity index (χ2v) is 13.2. The van der Waals surface area contributed by atoms with Gasteiger partial charge in [-0.2, -0.15) is 0 Å². The predicted molar refractivity (Wildman–Crippen MR) is 202 cm³/mol. The molecule has 0 saturated carbocycles. The van der Waals surface area contributed by atoms with Crippen molar-refractivity contribution in [2.45, 2.75) is 0 Å². The van der Waals surface area contributed by atoms with Crippen molar-refractivity contribution in [3.63, 3.8) is 0 Å². The molecule has 0 spiro atoms. The Morgan fingerprint density at radius 1 is 0.426 bits per heavy atom. The van der Waals surface area contributed by atoms with E-state index in [2.05, 4.69) is 157 Å². The zero-order valence-corrected chi connectivity index (χ0v) is 26.2. The molecule has 10 aromatic rings. The minimum Gasteiger partial charge on any atom is -0.456 e. The summed E-state index contributed by atoms with van der Waals surface area (Å²) < 4.78 is 8.82. The van der Waals surface area contributed by atoms with Gasteiger partial charge in [0.2, 0.25) is 0 Å². The van der Waals surface area contributed by atoms with Crippen LogP contribution in [0.5, 0.6) is 0 Å². The first-order valence-corrected chi connectivity index (χ1v) is 16.7. The third-order valence-corrected chi connectivity index (χ3v) is 10.6. The van der Waals surface area contributed by atoms with Crippen molar-refractivity contribution in [3.8, 4) is 11.1 Å². The van der Waals surface area contributed by atoms with Gasteiger partial charge < -0.3 is 9.32 Å². The van der Waals surface area contributed by atoms with Gasteiger partial charge >= 0.3 is 0 Å². The third kappa shape index (κ3) is 4.04. The van der Waals surface area contributed by atoms with Crippen LogP contribution in [0.1, 0.15) is 0 Å². The van der Waals surface area contributed by atoms with Gasteiger partial charge in [-0.05, 0) is 75.8 Å². The Balaban J connectivity index is 1.24. The van der Waals surface area contributed by atoms with Crippen molar-refractivity contribution in [3.05, 3.63) is 164 Å². The first-order valence-electron chi connectivity index (χ1n) is 15.9. The van der Waals surface area contributed by atoms with Gasteiger partial charge in [0.1, 0.15) is 11.2 Å². The summed E-state index contributed by atoms with van der Waals surface area (Å²) >= 11 is 1.86. The molecule has 0 fully saturated rings. The number of anilines is 3. The number of benzene rings is 8. The summed E-state index contributed by atoms with van der Waals surface area (Å²) in [6, 6.07) is 59.1. The Morgan fingerprint density at radius 3 is 1.96 bits per heavy atom. The molecule has 0 aliphatic rings. The van der Waals surface area contributed by atoms with E-state index in [9.17, 15) is 0 Å². The van der Waals surface area contributed by atoms with Crippen molar-refractivity contribution in [1.29, 1.82) is 0 Å². The highest BCUT2D eigenvalue weighted by Gasteiger charge is 2.21. The molecule has 0 N–H and O–H groups in total. The molecule has 0 radical (unpaired) electrons. The summed E-state index contributed by atoms with van der Waals surface area (Å²) in [7, 11) is 0. The van der Waals surface area contributed by atoms with Gasteiger partial charge in [0, 0.05) is 42.0 Å². The normalized spacial score (nSPS) is 11.8. The smallest absolute Gasteiger partial charge is 0.136 e. The largest absolute Gasteiger partial charge is 0.456 e. The highest BCUT2D eigenvalue weighted by molar-refractivity contribution is 7.26. The molecular weight excluding hydrogens is 591 g/mol. The Labute approximate surface area is 275 Å². The van der Waals surface area contributed by atoms with Gasteiger partial charge in [-0.1, -0.05) is 115 Å². The Bertz CT molecular complexity index is 2810. The van der Waals surface area contributed by atoms with Crippen molar-refractivity contribution >= 4 is 92.1 Å². The lowest BCUT2D eigenvalue weighted by Crippen LogP contribution is -2.11. The monoisotopic (exact) mass is 617 g/mol. The SMILES string of the molecule is c1ccc2c(c1)cc(N(c1ccc(-c3cccc4oc5ccccc5c34)cc1)c1cccc3sc4ccccc4c13)c1ccccc12. The van der Waals surface area contributed by atoms with Crippen molar-refractivity contribution in [2.24, 2.45) is 0 Å². The molecule has 0 amide bonds. The number of thiophene rings is 1. The maximum Gasteiger partial charge on any atom is 0.136 e. The molecule has 0 unspecified atom stereocenters. The number of para-hydroxylation sites is 1. The minimum absolute atomic E-state index is 0.910. The quantitative estimate of drug-likeness (QED) is 0.183. The number of hydrogen-bond acceptors (Lipinski definition) is 3. The van der Waals surface area contributed by atoms with E-state index in [1.807, 2.05) is 23.5 Å². The first-order chi connectivity index (χ1) is 23.3. The second kappa shape index (κ2) is 10.3. The van der Waals surface area contributed by atoms with Crippen molar-refractivity contribution in [1.82, 2.24) is 0 Å². The summed E-state index contributed by atoms with van der Waals surface area (Å²) in [6.45, 7) is 0. The molecule has 0 bridgehead atoms. The second-order valence-electron chi connectivity index (χ2n) is 12.1. The maximum atomic E-state index is 6.23. The summed E-state index contributed by atoms with van der Waals surface area (Å²) in [5.41, 5.74) is 7.61. The van der Waals surface area contributed by atoms with E-state index in [-0.39, 0.29) is 0 Å². The maximum absolute atomic E-state index is 6.23. The number of hydrogen-bond donors (Lipinski definition) is 0. The highest BCUT2D eigenvalue weighted by Crippen LogP contribution is 2.48. The topological polar surface area (TPSA) is 16.4 Å². The van der Waals surface area contributed by atoms with Gasteiger partial charge in [-0.3, -0.25) is 0 Å². The molecule has 0 saturated heterocycles. The molecule has 0 atom stereocenters. The highest BCUT2D eigenvalue weighted by atomic mass is 32.1. The molecule has 0 aliphatic heterocycles. The van der Waals surface area contributed by atoms with Gasteiger partial charge in [0.15, 0.2) is 0 Å². The summed E-state index contributed by atoms with van der Waals surface area (Å²) in [4.78, 5) is 2.47. The van der Waals surface area contributed by atoms with Crippen LogP contribution in [-0.2, 0) is 0 Å². The fraction of sp³-hybridized carbons (Fsp3) is 0. The first kappa shape index (κ1) is 26.3. The van der Waals surface area contributed by atoms with E-state index in [4.69, 9.17) is 4.42 Å². The van der Waals surface area contributed by atoms with E-state index in [0.717, 1.165) is 38.9 Å². The van der Waals surface area contributed by atoms with E-state index in [0.29, 0.717) is 0 Å². The van der Waals surface area contributed by atoms with Crippen LogP contribution in [0.25, 0.3) is 74.8 Å². The zero-order valence-electron chi connectivity index (χ0n) is 25.4. The molecule has 2 nitrogen and oxygen atoms in total. The average Bonchev–Trinajstić information content (AvgIpc) is 3.71. The van der Waals surface area contributed by atoms with Crippen LogP contribution in [0, 0.1) is 0 Å². The number of fused-ring (bicyclic) bond motifs is 9. The van der Waals surface area contributed by atoms with Crippen LogP contribution in [0.15, 0.2) is 168 Å². The van der Waals surface area contributed by atoms with E-state index < -0.39 is 0 Å². The number of rotatable bonds is 4. The molecule has 3 heteroatoms. The molecule has 2 heterocycles. The van der Waals surface area contributed by atoms with Crippen LogP contribution in [0.3, 0.4) is 0 Å². The van der Waals surface area contributed by atoms with E-state index in [1.54, 1.807) is 0 Å². The summed E-state index contributed by atoms with van der Waals surface area (Å²) in [5, 5.41) is 9.83. The fourth-order valence-corrected chi connectivity index (χ4v) is 8.50. The van der Waals surface area contributed by atoms with Crippen LogP contribution in [-0.4, -0.2) is 0 Å². The van der Waals surface area contributed by atoms with Gasteiger partial charge in [-0.25, -0.2) is 0 Å². The van der Waals surface area contributed by atoms with Gasteiger partial charge in [-0.15, -0.1) is 11.3 Å². The zero-order chi connectivity index (χ0) is 30.9. The number of furan rings is 1. The lowest BCUT2D eigenvalue weighted by molar-refractivity contribution is 0.669. The molecule has 220 valence electrons. The molecule has 8 aromatic carbocycles. The van der Waals surface area contributed by atoms with E-state index in [1.165, 1.54) is 53.0 Å². The summed E-state index contributed by atoms with van der Waals surface area (Å²) in [5.74, 6) is 0. The van der Waals surface area contributed by atoms with Gasteiger partial charge in [0.05, 0.1) is 11.4 Å². The average molecular weight is 618 g/mol. The van der Waals surface area contributed by atoms with Crippen LogP contribution >= 0.6 is 11.3 Å². The Hall–Kier alpha value is -5.90. The Morgan fingerprint density at radius 2 is 1.09 bits per heavy atom. The minimum atomic E-state index is 0.910. The molecule has 47 heavy (non-hydrogen) atoms. The van der Waals surface area contributed by atoms with E-state index >= 15 is 0 Å². The molecule has 10 rings (SSSR count). The standard InChI is InChI=1S/C44H27NOS/c1-2-12-31-29(11-1)27-38(34-14-4-3-13-33(31)34)45(37-18-10-22-42-44(37)36-16-6-8-21-41(36)47-42)30-25-23-28(24-26-30)32-17-9-20-40-43(32)35-15-5-7-19-39(35)46-40/h1-27H.